The van der Waals surface area contributed by atoms with E-state index in [1.165, 1.54) is 49.6 Å². The molecule has 0 aliphatic carbocycles. The smallest absolute Gasteiger partial charge is 0.263 e. The van der Waals surface area contributed by atoms with Gasteiger partial charge in [-0.1, -0.05) is 30.3 Å². The van der Waals surface area contributed by atoms with E-state index in [-0.39, 0.29) is 41.1 Å². The van der Waals surface area contributed by atoms with Gasteiger partial charge in [0, 0.05) is 17.4 Å². The van der Waals surface area contributed by atoms with Crippen LogP contribution in [0.15, 0.2) is 95.9 Å². The van der Waals surface area contributed by atoms with Gasteiger partial charge in [-0.2, -0.15) is 0 Å². The number of amides is 1. The molecule has 5 rings (SSSR count). The molecule has 1 heterocycles. The molecule has 0 atom stereocenters. The lowest BCUT2D eigenvalue weighted by Gasteiger charge is -2.15. The van der Waals surface area contributed by atoms with Crippen molar-refractivity contribution in [3.05, 3.63) is 102 Å². The van der Waals surface area contributed by atoms with Gasteiger partial charge in [0.1, 0.15) is 11.6 Å². The number of fused-ring (bicyclic) bond motifs is 1. The number of ether oxygens (including phenoxy) is 1. The van der Waals surface area contributed by atoms with E-state index >= 15 is 0 Å². The number of nitrogens with one attached hydrogen (secondary N) is 4. The molecule has 11 nitrogen and oxygen atoms in total. The molecule has 0 aliphatic rings. The van der Waals surface area contributed by atoms with E-state index in [0.717, 1.165) is 0 Å². The van der Waals surface area contributed by atoms with Crippen LogP contribution in [0.25, 0.3) is 11.0 Å². The minimum atomic E-state index is -4.22. The van der Waals surface area contributed by atoms with Crippen LogP contribution in [-0.4, -0.2) is 43.1 Å². The molecular weight excluding hydrogens is 575 g/mol. The van der Waals surface area contributed by atoms with Gasteiger partial charge in [0.2, 0.25) is 5.91 Å². The fourth-order valence-corrected chi connectivity index (χ4v) is 5.20. The van der Waals surface area contributed by atoms with Gasteiger partial charge in [0.15, 0.2) is 11.6 Å². The summed E-state index contributed by atoms with van der Waals surface area (Å²) in [4.78, 5) is 21.4. The lowest BCUT2D eigenvalue weighted by Crippen LogP contribution is -2.22. The highest BCUT2D eigenvalue weighted by atomic mass is 32.2. The molecule has 1 aromatic heterocycles. The summed E-state index contributed by atoms with van der Waals surface area (Å²) in [6.07, 6.45) is 0. The number of aliphatic hydroxyl groups is 1. The number of rotatable bonds is 11. The van der Waals surface area contributed by atoms with Crippen molar-refractivity contribution in [2.24, 2.45) is 0 Å². The SMILES string of the molecule is COc1cc(CO)cc(Nc2nc3ccccc3nc2NS(=O)(=O)c2cccc(NC(=O)CNc3ccccc3F)c2)c1. The third kappa shape index (κ3) is 7.15. The van der Waals surface area contributed by atoms with Crippen molar-refractivity contribution in [3.63, 3.8) is 0 Å². The van der Waals surface area contributed by atoms with E-state index in [1.807, 2.05) is 0 Å². The van der Waals surface area contributed by atoms with Crippen LogP contribution in [0.4, 0.5) is 33.1 Å². The van der Waals surface area contributed by atoms with Crippen LogP contribution in [0, 0.1) is 5.82 Å². The summed E-state index contributed by atoms with van der Waals surface area (Å²) < 4.78 is 48.6. The number of halogens is 1. The normalized spacial score (nSPS) is 11.1. The van der Waals surface area contributed by atoms with Crippen LogP contribution in [-0.2, 0) is 21.4 Å². The number of hydrogen-bond donors (Lipinski definition) is 5. The maximum atomic E-state index is 13.8. The van der Waals surface area contributed by atoms with Crippen LogP contribution >= 0.6 is 0 Å². The number of sulfonamides is 1. The molecule has 13 heteroatoms. The lowest BCUT2D eigenvalue weighted by atomic mass is 10.2. The monoisotopic (exact) mass is 602 g/mol. The summed E-state index contributed by atoms with van der Waals surface area (Å²) in [5.41, 5.74) is 2.42. The number of anilines is 5. The predicted molar refractivity (Wildman–Crippen MR) is 163 cm³/mol. The maximum absolute atomic E-state index is 13.8. The van der Waals surface area contributed by atoms with Crippen molar-refractivity contribution >= 4 is 55.7 Å². The summed E-state index contributed by atoms with van der Waals surface area (Å²) in [5.74, 6) is -0.481. The second-order valence-electron chi connectivity index (χ2n) is 9.28. The Labute approximate surface area is 246 Å². The largest absolute Gasteiger partial charge is 0.497 e. The van der Waals surface area contributed by atoms with Crippen molar-refractivity contribution in [3.8, 4) is 5.75 Å². The second kappa shape index (κ2) is 12.7. The number of aromatic nitrogens is 2. The van der Waals surface area contributed by atoms with Gasteiger partial charge in [-0.05, 0) is 60.2 Å². The van der Waals surface area contributed by atoms with Gasteiger partial charge in [-0.15, -0.1) is 0 Å². The fraction of sp³-hybridized carbons (Fsp3) is 0.100. The average Bonchev–Trinajstić information content (AvgIpc) is 3.00. The first-order valence-corrected chi connectivity index (χ1v) is 14.5. The van der Waals surface area contributed by atoms with E-state index < -0.39 is 21.7 Å². The highest BCUT2D eigenvalue weighted by molar-refractivity contribution is 7.92. The fourth-order valence-electron chi connectivity index (χ4n) is 4.15. The summed E-state index contributed by atoms with van der Waals surface area (Å²) in [6.45, 7) is -0.471. The number of para-hydroxylation sites is 3. The van der Waals surface area contributed by atoms with Gasteiger partial charge in [-0.25, -0.2) is 22.8 Å². The molecule has 0 radical (unpaired) electrons. The van der Waals surface area contributed by atoms with E-state index in [2.05, 4.69) is 30.6 Å². The van der Waals surface area contributed by atoms with Crippen LogP contribution < -0.4 is 25.4 Å². The van der Waals surface area contributed by atoms with Crippen molar-refractivity contribution in [2.45, 2.75) is 11.5 Å². The molecule has 0 aliphatic heterocycles. The van der Waals surface area contributed by atoms with Gasteiger partial charge in [0.05, 0.1) is 41.9 Å². The zero-order valence-corrected chi connectivity index (χ0v) is 23.7. The molecule has 0 saturated heterocycles. The topological polar surface area (TPSA) is 155 Å². The number of methoxy groups -OCH3 is 1. The molecule has 220 valence electrons. The number of aliphatic hydroxyl groups excluding tert-OH is 1. The Kier molecular flexibility index (Phi) is 8.64. The molecule has 0 fully saturated rings. The number of hydrogen-bond acceptors (Lipinski definition) is 9. The molecule has 4 aromatic carbocycles. The van der Waals surface area contributed by atoms with Crippen LogP contribution in [0.5, 0.6) is 5.75 Å². The Morgan fingerprint density at radius 2 is 1.60 bits per heavy atom. The van der Waals surface area contributed by atoms with Crippen LogP contribution in [0.1, 0.15) is 5.56 Å². The first kappa shape index (κ1) is 29.2. The van der Waals surface area contributed by atoms with Gasteiger partial charge < -0.3 is 25.8 Å². The molecule has 5 N–H and O–H groups in total. The van der Waals surface area contributed by atoms with Crippen LogP contribution in [0.3, 0.4) is 0 Å². The van der Waals surface area contributed by atoms with E-state index in [4.69, 9.17) is 4.74 Å². The Hall–Kier alpha value is -5.27. The third-order valence-electron chi connectivity index (χ3n) is 6.19. The van der Waals surface area contributed by atoms with Gasteiger partial charge in [0.25, 0.3) is 10.0 Å². The molecule has 0 spiro atoms. The average molecular weight is 603 g/mol. The van der Waals surface area contributed by atoms with Crippen LogP contribution in [0.2, 0.25) is 0 Å². The van der Waals surface area contributed by atoms with E-state index in [1.54, 1.807) is 48.5 Å². The van der Waals surface area contributed by atoms with Crippen molar-refractivity contribution in [1.82, 2.24) is 9.97 Å². The third-order valence-corrected chi connectivity index (χ3v) is 7.53. The van der Waals surface area contributed by atoms with Crippen molar-refractivity contribution < 1.29 is 27.4 Å². The minimum absolute atomic E-state index is 0.0735. The Morgan fingerprint density at radius 1 is 0.884 bits per heavy atom. The molecule has 1 amide bonds. The molecule has 43 heavy (non-hydrogen) atoms. The quantitative estimate of drug-likeness (QED) is 0.143. The molecule has 0 bridgehead atoms. The first-order valence-electron chi connectivity index (χ1n) is 13.0. The summed E-state index contributed by atoms with van der Waals surface area (Å²) >= 11 is 0. The Balaban J connectivity index is 1.39. The van der Waals surface area contributed by atoms with Crippen molar-refractivity contribution in [1.29, 1.82) is 0 Å². The van der Waals surface area contributed by atoms with E-state index in [0.29, 0.717) is 28.0 Å². The first-order chi connectivity index (χ1) is 20.7. The number of carbonyl (C=O) groups is 1. The zero-order chi connectivity index (χ0) is 30.4. The molecule has 0 unspecified atom stereocenters. The predicted octanol–water partition coefficient (Wildman–Crippen LogP) is 4.86. The maximum Gasteiger partial charge on any atom is 0.263 e. The minimum Gasteiger partial charge on any atom is -0.497 e. The number of nitrogens with zero attached hydrogens (tertiary/aromatic N) is 2. The summed E-state index contributed by atoms with van der Waals surface area (Å²) in [5, 5.41) is 18.0. The molecular formula is C30H27FN6O5S. The Morgan fingerprint density at radius 3 is 2.33 bits per heavy atom. The Bertz CT molecular complexity index is 1880. The number of benzene rings is 4. The lowest BCUT2D eigenvalue weighted by molar-refractivity contribution is -0.114. The highest BCUT2D eigenvalue weighted by Gasteiger charge is 2.20. The van der Waals surface area contributed by atoms with Crippen molar-refractivity contribution in [2.75, 3.05) is 34.3 Å². The zero-order valence-electron chi connectivity index (χ0n) is 22.8. The van der Waals surface area contributed by atoms with Gasteiger partial charge >= 0.3 is 0 Å². The standard InChI is InChI=1S/C30H27FN6O5S/c1-42-22-14-19(18-38)13-21(15-22)34-29-30(36-27-12-5-4-11-26(27)35-29)37-43(40,41)23-8-6-7-20(16-23)33-28(39)17-32-25-10-3-2-9-24(25)31/h2-16,32,38H,17-18H2,1H3,(H,33,39)(H,34,35)(H,36,37). The number of carbonyl (C=O) groups excluding carboxylic acids is 1. The highest BCUT2D eigenvalue weighted by Crippen LogP contribution is 2.30. The molecule has 5 aromatic rings. The summed E-state index contributed by atoms with van der Waals surface area (Å²) in [6, 6.07) is 23.6. The molecule has 0 saturated carbocycles. The van der Waals surface area contributed by atoms with E-state index in [9.17, 15) is 22.7 Å². The second-order valence-corrected chi connectivity index (χ2v) is 11.0. The van der Waals surface area contributed by atoms with Gasteiger partial charge in [-0.3, -0.25) is 9.52 Å². The summed E-state index contributed by atoms with van der Waals surface area (Å²) in [7, 11) is -2.72.